The second kappa shape index (κ2) is 6.03. The number of aliphatic hydroxyl groups excluding tert-OH is 1. The molecule has 0 spiro atoms. The molecule has 0 radical (unpaired) electrons. The highest BCUT2D eigenvalue weighted by molar-refractivity contribution is 7.89. The first-order valence-electron chi connectivity index (χ1n) is 6.72. The third-order valence-corrected chi connectivity index (χ3v) is 5.49. The van der Waals surface area contributed by atoms with E-state index in [1.807, 2.05) is 6.07 Å². The highest BCUT2D eigenvalue weighted by Gasteiger charge is 2.25. The molecular formula is C14H21NO3S. The molecule has 0 heterocycles. The molecule has 0 bridgehead atoms. The molecule has 1 aromatic carbocycles. The van der Waals surface area contributed by atoms with Crippen molar-refractivity contribution >= 4 is 10.0 Å². The maximum atomic E-state index is 12.3. The van der Waals surface area contributed by atoms with Crippen LogP contribution in [0.25, 0.3) is 0 Å². The summed E-state index contributed by atoms with van der Waals surface area (Å²) in [7, 11) is -3.43. The maximum absolute atomic E-state index is 12.3. The molecule has 5 heteroatoms. The van der Waals surface area contributed by atoms with Gasteiger partial charge in [0.2, 0.25) is 10.0 Å². The molecule has 4 nitrogen and oxygen atoms in total. The van der Waals surface area contributed by atoms with E-state index in [0.717, 1.165) is 31.2 Å². The zero-order chi connectivity index (χ0) is 13.9. The molecule has 0 saturated heterocycles. The number of hydrogen-bond donors (Lipinski definition) is 2. The summed E-state index contributed by atoms with van der Waals surface area (Å²) >= 11 is 0. The Bertz CT molecular complexity index is 519. The molecule has 0 amide bonds. The Labute approximate surface area is 114 Å². The molecule has 1 fully saturated rings. The molecule has 2 rings (SSSR count). The van der Waals surface area contributed by atoms with Gasteiger partial charge in [-0.2, -0.15) is 0 Å². The Hall–Kier alpha value is -0.910. The minimum absolute atomic E-state index is 0.00703. The summed E-state index contributed by atoms with van der Waals surface area (Å²) in [6.45, 7) is 2.01. The quantitative estimate of drug-likeness (QED) is 0.886. The van der Waals surface area contributed by atoms with Gasteiger partial charge in [0.05, 0.1) is 4.90 Å². The molecular weight excluding hydrogens is 262 g/mol. The second-order valence-corrected chi connectivity index (χ2v) is 6.97. The van der Waals surface area contributed by atoms with Crippen molar-refractivity contribution in [2.75, 3.05) is 6.61 Å². The van der Waals surface area contributed by atoms with Crippen LogP contribution in [0.2, 0.25) is 0 Å². The molecule has 106 valence electrons. The normalized spacial score (nSPS) is 24.3. The number of benzene rings is 1. The van der Waals surface area contributed by atoms with Crippen molar-refractivity contribution in [2.24, 2.45) is 5.92 Å². The van der Waals surface area contributed by atoms with E-state index in [1.165, 1.54) is 0 Å². The third-order valence-electron chi connectivity index (χ3n) is 3.81. The molecule has 0 atom stereocenters. The summed E-state index contributed by atoms with van der Waals surface area (Å²) < 4.78 is 27.4. The molecule has 2 N–H and O–H groups in total. The van der Waals surface area contributed by atoms with Crippen LogP contribution in [-0.4, -0.2) is 26.2 Å². The van der Waals surface area contributed by atoms with Crippen molar-refractivity contribution < 1.29 is 13.5 Å². The van der Waals surface area contributed by atoms with Gasteiger partial charge in [-0.25, -0.2) is 13.1 Å². The lowest BCUT2D eigenvalue weighted by Crippen LogP contribution is -2.38. The first-order chi connectivity index (χ1) is 9.03. The number of aryl methyl sites for hydroxylation is 1. The Morgan fingerprint density at radius 3 is 2.42 bits per heavy atom. The number of aliphatic hydroxyl groups is 1. The van der Waals surface area contributed by atoms with Gasteiger partial charge in [0.25, 0.3) is 0 Å². The van der Waals surface area contributed by atoms with Crippen molar-refractivity contribution in [3.05, 3.63) is 29.8 Å². The van der Waals surface area contributed by atoms with E-state index in [-0.39, 0.29) is 12.6 Å². The topological polar surface area (TPSA) is 66.4 Å². The zero-order valence-corrected chi connectivity index (χ0v) is 12.0. The molecule has 19 heavy (non-hydrogen) atoms. The Kier molecular flexibility index (Phi) is 4.60. The third kappa shape index (κ3) is 3.55. The van der Waals surface area contributed by atoms with Crippen LogP contribution in [0.1, 0.15) is 31.2 Å². The van der Waals surface area contributed by atoms with Gasteiger partial charge < -0.3 is 5.11 Å². The van der Waals surface area contributed by atoms with Crippen LogP contribution >= 0.6 is 0 Å². The van der Waals surface area contributed by atoms with E-state index in [0.29, 0.717) is 10.8 Å². The van der Waals surface area contributed by atoms with Gasteiger partial charge in [0.1, 0.15) is 0 Å². The minimum Gasteiger partial charge on any atom is -0.396 e. The van der Waals surface area contributed by atoms with Gasteiger partial charge >= 0.3 is 0 Å². The number of rotatable bonds is 4. The number of hydrogen-bond acceptors (Lipinski definition) is 3. The predicted molar refractivity (Wildman–Crippen MR) is 74.3 cm³/mol. The standard InChI is InChI=1S/C14H21NO3S/c1-11-4-2-3-5-14(11)19(17,18)15-13-8-6-12(10-16)7-9-13/h2-5,12-13,15-16H,6-10H2,1H3. The van der Waals surface area contributed by atoms with Gasteiger partial charge in [0, 0.05) is 12.6 Å². The van der Waals surface area contributed by atoms with Crippen molar-refractivity contribution in [1.82, 2.24) is 4.72 Å². The molecule has 0 unspecified atom stereocenters. The highest BCUT2D eigenvalue weighted by atomic mass is 32.2. The molecule has 1 saturated carbocycles. The fraction of sp³-hybridized carbons (Fsp3) is 0.571. The van der Waals surface area contributed by atoms with Gasteiger partial charge in [-0.15, -0.1) is 0 Å². The average molecular weight is 283 g/mol. The second-order valence-electron chi connectivity index (χ2n) is 5.29. The van der Waals surface area contributed by atoms with Gasteiger partial charge in [-0.1, -0.05) is 18.2 Å². The maximum Gasteiger partial charge on any atom is 0.241 e. The molecule has 1 aliphatic carbocycles. The molecule has 0 aliphatic heterocycles. The van der Waals surface area contributed by atoms with Crippen LogP contribution in [-0.2, 0) is 10.0 Å². The van der Waals surface area contributed by atoms with E-state index in [4.69, 9.17) is 5.11 Å². The van der Waals surface area contributed by atoms with Crippen LogP contribution in [0.5, 0.6) is 0 Å². The highest BCUT2D eigenvalue weighted by Crippen LogP contribution is 2.25. The van der Waals surface area contributed by atoms with Crippen LogP contribution in [0.4, 0.5) is 0 Å². The van der Waals surface area contributed by atoms with Crippen LogP contribution in [0, 0.1) is 12.8 Å². The Balaban J connectivity index is 2.05. The van der Waals surface area contributed by atoms with E-state index < -0.39 is 10.0 Å². The van der Waals surface area contributed by atoms with Gasteiger partial charge in [0.15, 0.2) is 0 Å². The smallest absolute Gasteiger partial charge is 0.241 e. The predicted octanol–water partition coefficient (Wildman–Crippen LogP) is 1.82. The molecule has 0 aromatic heterocycles. The number of sulfonamides is 1. The first kappa shape index (κ1) is 14.5. The van der Waals surface area contributed by atoms with Gasteiger partial charge in [-0.3, -0.25) is 0 Å². The Morgan fingerprint density at radius 2 is 1.84 bits per heavy atom. The minimum atomic E-state index is -3.43. The van der Waals surface area contributed by atoms with E-state index in [9.17, 15) is 8.42 Å². The lowest BCUT2D eigenvalue weighted by molar-refractivity contribution is 0.180. The largest absolute Gasteiger partial charge is 0.396 e. The summed E-state index contributed by atoms with van der Waals surface area (Å²) in [6, 6.07) is 7.01. The fourth-order valence-electron chi connectivity index (χ4n) is 2.60. The van der Waals surface area contributed by atoms with E-state index in [1.54, 1.807) is 25.1 Å². The lowest BCUT2D eigenvalue weighted by Gasteiger charge is -2.27. The van der Waals surface area contributed by atoms with Gasteiger partial charge in [-0.05, 0) is 50.2 Å². The van der Waals surface area contributed by atoms with Crippen molar-refractivity contribution in [3.63, 3.8) is 0 Å². The lowest BCUT2D eigenvalue weighted by atomic mass is 9.87. The monoisotopic (exact) mass is 283 g/mol. The molecule has 1 aliphatic rings. The van der Waals surface area contributed by atoms with Crippen LogP contribution < -0.4 is 4.72 Å². The summed E-state index contributed by atoms with van der Waals surface area (Å²) in [4.78, 5) is 0.360. The van der Waals surface area contributed by atoms with Crippen LogP contribution in [0.15, 0.2) is 29.2 Å². The first-order valence-corrected chi connectivity index (χ1v) is 8.20. The van der Waals surface area contributed by atoms with E-state index in [2.05, 4.69) is 4.72 Å². The van der Waals surface area contributed by atoms with Crippen molar-refractivity contribution in [3.8, 4) is 0 Å². The average Bonchev–Trinajstić information content (AvgIpc) is 2.39. The molecule has 1 aromatic rings. The summed E-state index contributed by atoms with van der Waals surface area (Å²) in [5, 5.41) is 9.09. The summed E-state index contributed by atoms with van der Waals surface area (Å²) in [6.07, 6.45) is 3.38. The SMILES string of the molecule is Cc1ccccc1S(=O)(=O)NC1CCC(CO)CC1. The Morgan fingerprint density at radius 1 is 1.21 bits per heavy atom. The van der Waals surface area contributed by atoms with Crippen molar-refractivity contribution in [2.45, 2.75) is 43.5 Å². The number of nitrogens with one attached hydrogen (secondary N) is 1. The van der Waals surface area contributed by atoms with E-state index >= 15 is 0 Å². The van der Waals surface area contributed by atoms with Crippen LogP contribution in [0.3, 0.4) is 0 Å². The van der Waals surface area contributed by atoms with Crippen molar-refractivity contribution in [1.29, 1.82) is 0 Å². The summed E-state index contributed by atoms with van der Waals surface area (Å²) in [5.74, 6) is 0.333. The summed E-state index contributed by atoms with van der Waals surface area (Å²) in [5.41, 5.74) is 0.763. The zero-order valence-electron chi connectivity index (χ0n) is 11.2. The fourth-order valence-corrected chi connectivity index (χ4v) is 4.15.